The van der Waals surface area contributed by atoms with Crippen LogP contribution in [0.1, 0.15) is 42.0 Å². The van der Waals surface area contributed by atoms with E-state index in [2.05, 4.69) is 25.1 Å². The summed E-state index contributed by atoms with van der Waals surface area (Å²) in [6.07, 6.45) is 8.27. The number of hydrogen-bond acceptors (Lipinski definition) is 6. The molecule has 0 fully saturated rings. The van der Waals surface area contributed by atoms with Crippen molar-refractivity contribution in [3.05, 3.63) is 65.5 Å². The summed E-state index contributed by atoms with van der Waals surface area (Å²) in [6, 6.07) is 9.91. The molecule has 0 saturated heterocycles. The molecule has 3 heterocycles. The molecule has 0 saturated carbocycles. The van der Waals surface area contributed by atoms with Gasteiger partial charge in [0.05, 0.1) is 13.7 Å². The number of rotatable bonds is 8. The number of aryl methyl sites for hydroxylation is 1. The number of aromatic nitrogens is 4. The van der Waals surface area contributed by atoms with Crippen molar-refractivity contribution < 1.29 is 9.47 Å². The van der Waals surface area contributed by atoms with E-state index in [-0.39, 0.29) is 0 Å². The van der Waals surface area contributed by atoms with E-state index in [4.69, 9.17) is 9.47 Å². The van der Waals surface area contributed by atoms with Crippen molar-refractivity contribution in [1.82, 2.24) is 25.1 Å². The van der Waals surface area contributed by atoms with Crippen molar-refractivity contribution in [2.45, 2.75) is 51.9 Å². The highest BCUT2D eigenvalue weighted by atomic mass is 16.5. The van der Waals surface area contributed by atoms with E-state index in [1.807, 2.05) is 30.3 Å². The number of fused-ring (bicyclic) bond motifs is 1. The van der Waals surface area contributed by atoms with Crippen LogP contribution in [0, 0.1) is 0 Å². The first-order valence-corrected chi connectivity index (χ1v) is 10.1. The summed E-state index contributed by atoms with van der Waals surface area (Å²) in [4.78, 5) is 4.12. The predicted octanol–water partition coefficient (Wildman–Crippen LogP) is 3.28. The summed E-state index contributed by atoms with van der Waals surface area (Å²) in [5.74, 6) is 3.59. The zero-order valence-corrected chi connectivity index (χ0v) is 16.8. The highest BCUT2D eigenvalue weighted by molar-refractivity contribution is 5.43. The Morgan fingerprint density at radius 1 is 1.03 bits per heavy atom. The Labute approximate surface area is 171 Å². The lowest BCUT2D eigenvalue weighted by Gasteiger charge is -2.13. The summed E-state index contributed by atoms with van der Waals surface area (Å²) in [5, 5.41) is 12.2. The summed E-state index contributed by atoms with van der Waals surface area (Å²) in [6.45, 7) is 2.89. The number of ether oxygens (including phenoxy) is 2. The van der Waals surface area contributed by atoms with Crippen molar-refractivity contribution in [2.75, 3.05) is 7.11 Å². The van der Waals surface area contributed by atoms with E-state index >= 15 is 0 Å². The lowest BCUT2D eigenvalue weighted by atomic mass is 10.2. The Morgan fingerprint density at radius 2 is 2.00 bits per heavy atom. The molecule has 3 aromatic rings. The average molecular weight is 393 g/mol. The molecular formula is C22H27N5O2. The van der Waals surface area contributed by atoms with Gasteiger partial charge in [-0.2, -0.15) is 0 Å². The van der Waals surface area contributed by atoms with Crippen LogP contribution in [-0.2, 0) is 32.7 Å². The highest BCUT2D eigenvalue weighted by Gasteiger charge is 2.14. The van der Waals surface area contributed by atoms with Gasteiger partial charge in [-0.05, 0) is 36.6 Å². The number of methoxy groups -OCH3 is 1. The van der Waals surface area contributed by atoms with Crippen LogP contribution >= 0.6 is 0 Å². The van der Waals surface area contributed by atoms with Gasteiger partial charge in [0, 0.05) is 37.5 Å². The Balaban J connectivity index is 1.37. The minimum Gasteiger partial charge on any atom is -0.493 e. The minimum absolute atomic E-state index is 0.451. The van der Waals surface area contributed by atoms with Crippen molar-refractivity contribution in [2.24, 2.45) is 0 Å². The highest BCUT2D eigenvalue weighted by Crippen LogP contribution is 2.29. The van der Waals surface area contributed by atoms with Crippen LogP contribution in [0.5, 0.6) is 11.5 Å². The van der Waals surface area contributed by atoms with E-state index in [0.717, 1.165) is 53.8 Å². The summed E-state index contributed by atoms with van der Waals surface area (Å²) in [7, 11) is 1.65. The van der Waals surface area contributed by atoms with E-state index < -0.39 is 0 Å². The maximum absolute atomic E-state index is 5.98. The van der Waals surface area contributed by atoms with Crippen molar-refractivity contribution in [1.29, 1.82) is 0 Å². The third-order valence-corrected chi connectivity index (χ3v) is 5.14. The molecule has 0 spiro atoms. The third-order valence-electron chi connectivity index (χ3n) is 5.14. The van der Waals surface area contributed by atoms with Crippen molar-refractivity contribution in [3.63, 3.8) is 0 Å². The quantitative estimate of drug-likeness (QED) is 0.633. The molecular weight excluding hydrogens is 366 g/mol. The molecule has 7 nitrogen and oxygen atoms in total. The standard InChI is InChI=1S/C22H27N5O2/c1-28-19-9-8-17(12-20(19)29-16-18-6-5-10-23-14-18)13-24-15-22-26-25-21-7-3-2-4-11-27(21)22/h5-6,8-10,12,14,24H,2-4,7,11,13,15-16H2,1H3. The van der Waals surface area contributed by atoms with E-state index in [1.165, 1.54) is 19.3 Å². The van der Waals surface area contributed by atoms with Gasteiger partial charge in [0.25, 0.3) is 0 Å². The normalized spacial score (nSPS) is 13.6. The number of nitrogens with one attached hydrogen (secondary N) is 1. The van der Waals surface area contributed by atoms with Gasteiger partial charge in [0.2, 0.25) is 0 Å². The predicted molar refractivity (Wildman–Crippen MR) is 110 cm³/mol. The molecule has 29 heavy (non-hydrogen) atoms. The second-order valence-electron chi connectivity index (χ2n) is 7.23. The first kappa shape index (κ1) is 19.4. The Morgan fingerprint density at radius 3 is 2.86 bits per heavy atom. The van der Waals surface area contributed by atoms with Gasteiger partial charge in [-0.3, -0.25) is 4.98 Å². The van der Waals surface area contributed by atoms with Crippen molar-refractivity contribution in [3.8, 4) is 11.5 Å². The largest absolute Gasteiger partial charge is 0.493 e. The molecule has 0 amide bonds. The summed E-state index contributed by atoms with van der Waals surface area (Å²) < 4.78 is 13.7. The molecule has 1 aliphatic rings. The number of benzene rings is 1. The van der Waals surface area contributed by atoms with E-state index in [9.17, 15) is 0 Å². The Kier molecular flexibility index (Phi) is 6.36. The van der Waals surface area contributed by atoms with Gasteiger partial charge >= 0.3 is 0 Å². The van der Waals surface area contributed by atoms with Gasteiger partial charge in [-0.1, -0.05) is 18.6 Å². The smallest absolute Gasteiger partial charge is 0.161 e. The zero-order valence-electron chi connectivity index (χ0n) is 16.8. The topological polar surface area (TPSA) is 74.1 Å². The molecule has 0 atom stereocenters. The van der Waals surface area contributed by atoms with Crippen LogP contribution in [0.2, 0.25) is 0 Å². The second kappa shape index (κ2) is 9.52. The molecule has 152 valence electrons. The Bertz CT molecular complexity index is 926. The fraction of sp³-hybridized carbons (Fsp3) is 0.409. The van der Waals surface area contributed by atoms with Gasteiger partial charge in [-0.25, -0.2) is 0 Å². The first-order valence-electron chi connectivity index (χ1n) is 10.1. The molecule has 0 radical (unpaired) electrons. The fourth-order valence-corrected chi connectivity index (χ4v) is 3.58. The van der Waals surface area contributed by atoms with Gasteiger partial charge < -0.3 is 19.4 Å². The molecule has 1 N–H and O–H groups in total. The maximum Gasteiger partial charge on any atom is 0.161 e. The Hall–Kier alpha value is -2.93. The molecule has 7 heteroatoms. The number of nitrogens with zero attached hydrogens (tertiary/aromatic N) is 4. The monoisotopic (exact) mass is 393 g/mol. The van der Waals surface area contributed by atoms with Gasteiger partial charge in [0.15, 0.2) is 11.5 Å². The summed E-state index contributed by atoms with van der Waals surface area (Å²) in [5.41, 5.74) is 2.15. The molecule has 0 unspecified atom stereocenters. The molecule has 0 bridgehead atoms. The molecule has 4 rings (SSSR count). The lowest BCUT2D eigenvalue weighted by Crippen LogP contribution is -2.17. The zero-order chi connectivity index (χ0) is 19.9. The first-order chi connectivity index (χ1) is 14.3. The second-order valence-corrected chi connectivity index (χ2v) is 7.23. The van der Waals surface area contributed by atoms with Crippen molar-refractivity contribution >= 4 is 0 Å². The number of hydrogen-bond donors (Lipinski definition) is 1. The third kappa shape index (κ3) is 4.92. The molecule has 1 aliphatic heterocycles. The van der Waals surface area contributed by atoms with Crippen LogP contribution in [0.15, 0.2) is 42.7 Å². The van der Waals surface area contributed by atoms with Crippen LogP contribution in [0.25, 0.3) is 0 Å². The lowest BCUT2D eigenvalue weighted by molar-refractivity contribution is 0.283. The van der Waals surface area contributed by atoms with Gasteiger partial charge in [-0.15, -0.1) is 10.2 Å². The maximum atomic E-state index is 5.98. The van der Waals surface area contributed by atoms with Crippen LogP contribution in [-0.4, -0.2) is 26.9 Å². The SMILES string of the molecule is COc1ccc(CNCc2nnc3n2CCCCC3)cc1OCc1cccnc1. The van der Waals surface area contributed by atoms with Crippen LogP contribution < -0.4 is 14.8 Å². The van der Waals surface area contributed by atoms with Crippen LogP contribution in [0.4, 0.5) is 0 Å². The molecule has 0 aliphatic carbocycles. The van der Waals surface area contributed by atoms with Crippen LogP contribution in [0.3, 0.4) is 0 Å². The van der Waals surface area contributed by atoms with E-state index in [1.54, 1.807) is 19.5 Å². The minimum atomic E-state index is 0.451. The van der Waals surface area contributed by atoms with E-state index in [0.29, 0.717) is 13.2 Å². The summed E-state index contributed by atoms with van der Waals surface area (Å²) >= 11 is 0. The number of pyridine rings is 1. The molecule has 1 aromatic carbocycles. The fourth-order valence-electron chi connectivity index (χ4n) is 3.58. The van der Waals surface area contributed by atoms with Gasteiger partial charge in [0.1, 0.15) is 18.3 Å². The molecule has 2 aromatic heterocycles. The average Bonchev–Trinajstić information content (AvgIpc) is 2.99.